The molecule has 338 valence electrons. The van der Waals surface area contributed by atoms with E-state index >= 15 is 0 Å². The van der Waals surface area contributed by atoms with Crippen LogP contribution >= 0.6 is 7.82 Å². The van der Waals surface area contributed by atoms with E-state index in [9.17, 15) is 19.1 Å². The number of benzene rings is 1. The van der Waals surface area contributed by atoms with Crippen LogP contribution in [0.4, 0.5) is 0 Å². The molecule has 59 heavy (non-hydrogen) atoms. The molecule has 1 aliphatic rings. The van der Waals surface area contributed by atoms with Crippen molar-refractivity contribution in [3.05, 3.63) is 58.7 Å². The number of carbonyl (C=O) groups is 1. The Labute approximate surface area is 361 Å². The molecule has 0 bridgehead atoms. The molecule has 0 spiro atoms. The van der Waals surface area contributed by atoms with E-state index in [0.717, 1.165) is 105 Å². The predicted octanol–water partition coefficient (Wildman–Crippen LogP) is 15.0. The van der Waals surface area contributed by atoms with Crippen LogP contribution in [0.1, 0.15) is 206 Å². The third-order valence-electron chi connectivity index (χ3n) is 12.7. The van der Waals surface area contributed by atoms with Crippen molar-refractivity contribution in [2.24, 2.45) is 23.7 Å². The molecule has 1 aliphatic heterocycles. The molecule has 2 rings (SSSR count). The van der Waals surface area contributed by atoms with Gasteiger partial charge in [-0.25, -0.2) is 4.57 Å². The lowest BCUT2D eigenvalue weighted by Gasteiger charge is -2.44. The number of fused-ring (bicyclic) bond motifs is 1. The molecule has 7 nitrogen and oxygen atoms in total. The summed E-state index contributed by atoms with van der Waals surface area (Å²) >= 11 is 0. The van der Waals surface area contributed by atoms with Gasteiger partial charge >= 0.3 is 13.8 Å². The van der Waals surface area contributed by atoms with Gasteiger partial charge in [0.25, 0.3) is 0 Å². The van der Waals surface area contributed by atoms with E-state index in [-0.39, 0.29) is 11.9 Å². The average molecular weight is 843 g/mol. The van der Waals surface area contributed by atoms with Crippen LogP contribution in [0.5, 0.6) is 11.5 Å². The number of phosphoric acid groups is 1. The van der Waals surface area contributed by atoms with Gasteiger partial charge in [-0.05, 0) is 139 Å². The highest BCUT2D eigenvalue weighted by atomic mass is 31.2. The zero-order chi connectivity index (χ0) is 43.7. The molecular weight excluding hydrogens is 756 g/mol. The van der Waals surface area contributed by atoms with Gasteiger partial charge in [0.1, 0.15) is 17.1 Å². The van der Waals surface area contributed by atoms with Gasteiger partial charge in [0.05, 0.1) is 6.61 Å². The maximum atomic E-state index is 12.7. The zero-order valence-corrected chi connectivity index (χ0v) is 40.0. The third-order valence-corrected chi connectivity index (χ3v) is 13.1. The summed E-state index contributed by atoms with van der Waals surface area (Å²) in [7, 11) is -4.72. The predicted molar refractivity (Wildman–Crippen MR) is 248 cm³/mol. The van der Waals surface area contributed by atoms with Crippen molar-refractivity contribution in [1.82, 2.24) is 0 Å². The molecule has 8 heteroatoms. The summed E-state index contributed by atoms with van der Waals surface area (Å²) in [6.07, 6.45) is 37.5. The Hall–Kier alpha value is -2.34. The summed E-state index contributed by atoms with van der Waals surface area (Å²) in [4.78, 5) is 32.1. The molecule has 0 radical (unpaired) electrons. The number of rotatable bonds is 32. The molecule has 1 aromatic rings. The van der Waals surface area contributed by atoms with Crippen LogP contribution in [0.3, 0.4) is 0 Å². The highest BCUT2D eigenvalue weighted by molar-refractivity contribution is 7.46. The number of ether oxygens (including phenoxy) is 2. The first-order valence-corrected chi connectivity index (χ1v) is 25.3. The van der Waals surface area contributed by atoms with Crippen LogP contribution in [0, 0.1) is 37.5 Å². The highest BCUT2D eigenvalue weighted by Gasteiger charge is 2.41. The summed E-state index contributed by atoms with van der Waals surface area (Å²) in [5, 5.41) is 0. The largest absolute Gasteiger partial charge is 0.524 e. The van der Waals surface area contributed by atoms with Gasteiger partial charge in [-0.3, -0.25) is 14.6 Å². The van der Waals surface area contributed by atoms with Crippen molar-refractivity contribution in [2.45, 2.75) is 216 Å². The van der Waals surface area contributed by atoms with Crippen LogP contribution in [0.25, 0.3) is 0 Å². The Kier molecular flexibility index (Phi) is 26.0. The van der Waals surface area contributed by atoms with Crippen molar-refractivity contribution in [1.29, 1.82) is 0 Å². The maximum absolute atomic E-state index is 12.7. The molecule has 0 saturated heterocycles. The van der Waals surface area contributed by atoms with Crippen LogP contribution in [-0.4, -0.2) is 28.0 Å². The van der Waals surface area contributed by atoms with Gasteiger partial charge in [-0.1, -0.05) is 136 Å². The first-order chi connectivity index (χ1) is 28.1. The highest BCUT2D eigenvalue weighted by Crippen LogP contribution is 2.50. The first-order valence-electron chi connectivity index (χ1n) is 23.8. The Bertz CT molecular complexity index is 1470. The number of phosphoric ester groups is 1. The zero-order valence-electron chi connectivity index (χ0n) is 39.1. The summed E-state index contributed by atoms with van der Waals surface area (Å²) in [6.45, 7) is 20.2. The molecule has 0 saturated carbocycles. The number of hydrogen-bond donors (Lipinski definition) is 2. The lowest BCUT2D eigenvalue weighted by atomic mass is 9.75. The second-order valence-corrected chi connectivity index (χ2v) is 19.6. The molecule has 0 aliphatic carbocycles. The number of esters is 1. The van der Waals surface area contributed by atoms with E-state index < -0.39 is 13.4 Å². The van der Waals surface area contributed by atoms with E-state index in [1.807, 2.05) is 20.8 Å². The van der Waals surface area contributed by atoms with E-state index in [2.05, 4.69) is 78.0 Å². The minimum Gasteiger partial charge on any atom is -0.487 e. The minimum absolute atomic E-state index is 0.108. The smallest absolute Gasteiger partial charge is 0.487 e. The molecule has 1 unspecified atom stereocenters. The number of unbranched alkanes of at least 4 members (excludes halogenated alkanes) is 5. The van der Waals surface area contributed by atoms with Crippen molar-refractivity contribution in [3.63, 3.8) is 0 Å². The van der Waals surface area contributed by atoms with Crippen molar-refractivity contribution >= 4 is 13.8 Å². The summed E-state index contributed by atoms with van der Waals surface area (Å²) in [5.74, 6) is 3.49. The van der Waals surface area contributed by atoms with E-state index in [4.69, 9.17) is 14.0 Å². The van der Waals surface area contributed by atoms with Gasteiger partial charge in [0, 0.05) is 17.5 Å². The quantitative estimate of drug-likeness (QED) is 0.0322. The van der Waals surface area contributed by atoms with Crippen LogP contribution in [-0.2, 0) is 26.9 Å². The number of allylic oxidation sites excluding steroid dienone is 6. The third kappa shape index (κ3) is 21.3. The fraction of sp³-hybridized carbons (Fsp3) is 0.745. The fourth-order valence-electron chi connectivity index (χ4n) is 8.66. The Balaban J connectivity index is 1.95. The lowest BCUT2D eigenvalue weighted by Crippen LogP contribution is -2.44. The standard InChI is InChI=1S/C51H87O7P/c1-10-12-13-14-15-16-17-18-19-20-21-22-23-24-25-34-48(52)56-39-28-33-45(36-35-42(6)32-27-31-41(5)30-26-29-40(3)4)51(9)38-37-47-46(11-2)50(58-59(53,54)55)44(8)43(7)49(47)57-51/h15-16,18-19,21-22,40-42,45H,10-14,17,20,23-39H2,1-9H3,(H2,53,54,55)/b16-15-,19-18-,22-21-/t41-,42-,45?,51+/m1/s1. The van der Waals surface area contributed by atoms with Crippen LogP contribution in [0.15, 0.2) is 36.5 Å². The first kappa shape index (κ1) is 52.8. The molecule has 4 atom stereocenters. The molecular formula is C51H87O7P. The van der Waals surface area contributed by atoms with E-state index in [0.29, 0.717) is 36.7 Å². The monoisotopic (exact) mass is 843 g/mol. The Morgan fingerprint density at radius 1 is 0.763 bits per heavy atom. The maximum Gasteiger partial charge on any atom is 0.524 e. The summed E-state index contributed by atoms with van der Waals surface area (Å²) in [5.41, 5.74) is 3.00. The number of carbonyl (C=O) groups excluding carboxylic acids is 1. The van der Waals surface area contributed by atoms with Gasteiger partial charge in [0.15, 0.2) is 0 Å². The van der Waals surface area contributed by atoms with Gasteiger partial charge in [-0.15, -0.1) is 0 Å². The molecule has 2 N–H and O–H groups in total. The fourth-order valence-corrected chi connectivity index (χ4v) is 9.14. The van der Waals surface area contributed by atoms with Gasteiger partial charge in [0.2, 0.25) is 0 Å². The second-order valence-electron chi connectivity index (χ2n) is 18.4. The van der Waals surface area contributed by atoms with Crippen LogP contribution < -0.4 is 9.26 Å². The molecule has 1 heterocycles. The second kappa shape index (κ2) is 29.1. The normalized spacial score (nSPS) is 17.5. The average Bonchev–Trinajstić information content (AvgIpc) is 3.17. The van der Waals surface area contributed by atoms with Crippen LogP contribution in [0.2, 0.25) is 0 Å². The molecule has 0 fully saturated rings. The minimum atomic E-state index is -4.72. The summed E-state index contributed by atoms with van der Waals surface area (Å²) in [6, 6.07) is 0. The van der Waals surface area contributed by atoms with Gasteiger partial charge in [-0.2, -0.15) is 0 Å². The van der Waals surface area contributed by atoms with E-state index in [1.165, 1.54) is 64.2 Å². The van der Waals surface area contributed by atoms with Crippen molar-refractivity contribution in [3.8, 4) is 11.5 Å². The topological polar surface area (TPSA) is 102 Å². The van der Waals surface area contributed by atoms with Crippen molar-refractivity contribution < 1.29 is 33.1 Å². The number of hydrogen-bond acceptors (Lipinski definition) is 5. The van der Waals surface area contributed by atoms with Crippen molar-refractivity contribution in [2.75, 3.05) is 6.61 Å². The Morgan fingerprint density at radius 3 is 1.95 bits per heavy atom. The SMILES string of the molecule is CCCCC/C=C\C/C=C\C/C=C\CCCCC(=O)OCCCC(CC[C@H](C)CCC[C@H](C)CCCC(C)C)[C@]1(C)CCc2c(CC)c(OP(=O)(O)O)c(C)c(C)c2O1. The summed E-state index contributed by atoms with van der Waals surface area (Å²) < 4.78 is 30.0. The Morgan fingerprint density at radius 2 is 1.36 bits per heavy atom. The molecule has 0 amide bonds. The molecule has 0 aromatic heterocycles. The molecule has 1 aromatic carbocycles. The van der Waals surface area contributed by atoms with Gasteiger partial charge < -0.3 is 14.0 Å². The van der Waals surface area contributed by atoms with E-state index in [1.54, 1.807) is 0 Å². The lowest BCUT2D eigenvalue weighted by molar-refractivity contribution is -0.144.